The van der Waals surface area contributed by atoms with Crippen LogP contribution in [-0.4, -0.2) is 29.1 Å². The van der Waals surface area contributed by atoms with Gasteiger partial charge < -0.3 is 5.11 Å². The molecule has 1 aromatic carbocycles. The highest BCUT2D eigenvalue weighted by Gasteiger charge is 2.15. The van der Waals surface area contributed by atoms with Gasteiger partial charge in [0.2, 0.25) is 0 Å². The maximum atomic E-state index is 13.1. The molecular weight excluding hydrogens is 221 g/mol. The number of halogens is 1. The largest absolute Gasteiger partial charge is 0.481 e. The fraction of sp³-hybridized carbons (Fsp3) is 0.462. The van der Waals surface area contributed by atoms with Crippen molar-refractivity contribution in [3.63, 3.8) is 0 Å². The van der Waals surface area contributed by atoms with Gasteiger partial charge >= 0.3 is 5.97 Å². The second kappa shape index (κ2) is 6.35. The zero-order valence-electron chi connectivity index (χ0n) is 10.2. The predicted molar refractivity (Wildman–Crippen MR) is 64.3 cm³/mol. The highest BCUT2D eigenvalue weighted by atomic mass is 19.1. The van der Waals surface area contributed by atoms with Gasteiger partial charge in [-0.3, -0.25) is 9.69 Å². The van der Waals surface area contributed by atoms with Gasteiger partial charge in [0.1, 0.15) is 5.82 Å². The molecule has 0 radical (unpaired) electrons. The number of benzene rings is 1. The number of nitrogens with zero attached hydrogens (tertiary/aromatic N) is 1. The Morgan fingerprint density at radius 2 is 2.24 bits per heavy atom. The molecule has 4 heteroatoms. The molecule has 1 N–H and O–H groups in total. The van der Waals surface area contributed by atoms with Crippen molar-refractivity contribution >= 4 is 5.97 Å². The summed E-state index contributed by atoms with van der Waals surface area (Å²) in [5, 5.41) is 8.67. The summed E-state index contributed by atoms with van der Waals surface area (Å²) < 4.78 is 13.1. The molecule has 0 aromatic heterocycles. The van der Waals surface area contributed by atoms with Crippen molar-refractivity contribution in [1.29, 1.82) is 0 Å². The molecule has 1 unspecified atom stereocenters. The molecule has 0 saturated carbocycles. The lowest BCUT2D eigenvalue weighted by atomic mass is 10.1. The molecule has 0 amide bonds. The highest BCUT2D eigenvalue weighted by Crippen LogP contribution is 2.20. The third-order valence-corrected chi connectivity index (χ3v) is 2.90. The van der Waals surface area contributed by atoms with Gasteiger partial charge in [0.15, 0.2) is 0 Å². The van der Waals surface area contributed by atoms with Crippen molar-refractivity contribution in [1.82, 2.24) is 4.90 Å². The lowest BCUT2D eigenvalue weighted by molar-refractivity contribution is -0.137. The van der Waals surface area contributed by atoms with E-state index in [1.54, 1.807) is 6.07 Å². The van der Waals surface area contributed by atoms with E-state index in [4.69, 9.17) is 5.11 Å². The average molecular weight is 239 g/mol. The molecule has 0 aliphatic carbocycles. The van der Waals surface area contributed by atoms with E-state index >= 15 is 0 Å². The number of carboxylic acids is 1. The van der Waals surface area contributed by atoms with Gasteiger partial charge in [-0.1, -0.05) is 19.1 Å². The summed E-state index contributed by atoms with van der Waals surface area (Å²) >= 11 is 0. The van der Waals surface area contributed by atoms with E-state index in [1.165, 1.54) is 12.1 Å². The molecule has 1 rings (SSSR count). The van der Waals surface area contributed by atoms with Gasteiger partial charge in [0.05, 0.1) is 6.42 Å². The molecule has 1 atom stereocenters. The molecule has 3 nitrogen and oxygen atoms in total. The molecule has 0 spiro atoms. The van der Waals surface area contributed by atoms with Crippen LogP contribution >= 0.6 is 0 Å². The predicted octanol–water partition coefficient (Wildman–Crippen LogP) is 2.68. The van der Waals surface area contributed by atoms with E-state index in [1.807, 2.05) is 24.8 Å². The Morgan fingerprint density at radius 3 is 2.76 bits per heavy atom. The lowest BCUT2D eigenvalue weighted by Gasteiger charge is -2.27. The summed E-state index contributed by atoms with van der Waals surface area (Å²) in [4.78, 5) is 12.6. The van der Waals surface area contributed by atoms with E-state index in [9.17, 15) is 9.18 Å². The van der Waals surface area contributed by atoms with E-state index in [0.29, 0.717) is 6.54 Å². The molecule has 0 fully saturated rings. The first-order valence-electron chi connectivity index (χ1n) is 5.76. The van der Waals surface area contributed by atoms with E-state index in [-0.39, 0.29) is 18.3 Å². The van der Waals surface area contributed by atoms with Crippen molar-refractivity contribution in [2.75, 3.05) is 13.1 Å². The summed E-state index contributed by atoms with van der Waals surface area (Å²) in [5.74, 6) is -1.07. The normalized spacial score (nSPS) is 12.7. The molecule has 94 valence electrons. The fourth-order valence-electron chi connectivity index (χ4n) is 1.84. The Morgan fingerprint density at radius 1 is 1.53 bits per heavy atom. The highest BCUT2D eigenvalue weighted by molar-refractivity contribution is 5.66. The van der Waals surface area contributed by atoms with E-state index in [2.05, 4.69) is 0 Å². The molecule has 0 bridgehead atoms. The minimum atomic E-state index is -0.810. The van der Waals surface area contributed by atoms with Crippen LogP contribution in [0.25, 0.3) is 0 Å². The second-order valence-electron chi connectivity index (χ2n) is 4.00. The average Bonchev–Trinajstić information content (AvgIpc) is 2.29. The van der Waals surface area contributed by atoms with Crippen LogP contribution in [0.15, 0.2) is 24.3 Å². The van der Waals surface area contributed by atoms with Crippen LogP contribution in [0.3, 0.4) is 0 Å². The van der Waals surface area contributed by atoms with Crippen LogP contribution in [0.2, 0.25) is 0 Å². The van der Waals surface area contributed by atoms with Gasteiger partial charge in [-0.2, -0.15) is 0 Å². The topological polar surface area (TPSA) is 40.5 Å². The summed E-state index contributed by atoms with van der Waals surface area (Å²) in [6.07, 6.45) is 0.105. The van der Waals surface area contributed by atoms with Crippen LogP contribution in [0.4, 0.5) is 4.39 Å². The van der Waals surface area contributed by atoms with E-state index in [0.717, 1.165) is 12.1 Å². The van der Waals surface area contributed by atoms with Crippen molar-refractivity contribution < 1.29 is 14.3 Å². The molecular formula is C13H18FNO2. The van der Waals surface area contributed by atoms with Crippen molar-refractivity contribution in [2.24, 2.45) is 0 Å². The Hall–Kier alpha value is -1.42. The van der Waals surface area contributed by atoms with Gasteiger partial charge in [0, 0.05) is 12.6 Å². The van der Waals surface area contributed by atoms with Gasteiger partial charge in [0.25, 0.3) is 0 Å². The van der Waals surface area contributed by atoms with Gasteiger partial charge in [-0.15, -0.1) is 0 Å². The first-order chi connectivity index (χ1) is 8.04. The molecule has 0 aliphatic rings. The maximum Gasteiger partial charge on any atom is 0.304 e. The summed E-state index contributed by atoms with van der Waals surface area (Å²) in [6, 6.07) is 6.45. The Balaban J connectivity index is 2.71. The second-order valence-corrected chi connectivity index (χ2v) is 4.00. The van der Waals surface area contributed by atoms with Gasteiger partial charge in [-0.25, -0.2) is 4.39 Å². The fourth-order valence-corrected chi connectivity index (χ4v) is 1.84. The number of carboxylic acid groups (broad SMARTS) is 1. The van der Waals surface area contributed by atoms with Crippen LogP contribution in [0.1, 0.15) is 31.9 Å². The first-order valence-corrected chi connectivity index (χ1v) is 5.76. The van der Waals surface area contributed by atoms with Crippen molar-refractivity contribution in [3.8, 4) is 0 Å². The van der Waals surface area contributed by atoms with Crippen LogP contribution in [0, 0.1) is 5.82 Å². The minimum Gasteiger partial charge on any atom is -0.481 e. The van der Waals surface area contributed by atoms with Crippen molar-refractivity contribution in [3.05, 3.63) is 35.6 Å². The summed E-state index contributed by atoms with van der Waals surface area (Å²) in [7, 11) is 0. The standard InChI is InChI=1S/C13H18FNO2/c1-3-15(8-7-13(16)17)10(2)11-5-4-6-12(14)9-11/h4-6,9-10H,3,7-8H2,1-2H3,(H,16,17). The summed E-state index contributed by atoms with van der Waals surface area (Å²) in [5.41, 5.74) is 0.872. The van der Waals surface area contributed by atoms with Crippen LogP contribution in [0.5, 0.6) is 0 Å². The first kappa shape index (κ1) is 13.6. The number of hydrogen-bond acceptors (Lipinski definition) is 2. The number of rotatable bonds is 6. The Labute approximate surface area is 101 Å². The number of hydrogen-bond donors (Lipinski definition) is 1. The van der Waals surface area contributed by atoms with Gasteiger partial charge in [-0.05, 0) is 31.2 Å². The molecule has 0 aliphatic heterocycles. The molecule has 0 heterocycles. The van der Waals surface area contributed by atoms with Crippen LogP contribution < -0.4 is 0 Å². The Kier molecular flexibility index (Phi) is 5.10. The third-order valence-electron chi connectivity index (χ3n) is 2.90. The minimum absolute atomic E-state index is 0.0232. The molecule has 1 aromatic rings. The zero-order valence-corrected chi connectivity index (χ0v) is 10.2. The van der Waals surface area contributed by atoms with E-state index < -0.39 is 5.97 Å². The summed E-state index contributed by atoms with van der Waals surface area (Å²) in [6.45, 7) is 5.15. The lowest BCUT2D eigenvalue weighted by Crippen LogP contribution is -2.29. The molecule has 17 heavy (non-hydrogen) atoms. The number of aliphatic carboxylic acids is 1. The smallest absolute Gasteiger partial charge is 0.304 e. The van der Waals surface area contributed by atoms with Crippen molar-refractivity contribution in [2.45, 2.75) is 26.3 Å². The SMILES string of the molecule is CCN(CCC(=O)O)C(C)c1cccc(F)c1. The maximum absolute atomic E-state index is 13.1. The third kappa shape index (κ3) is 4.15. The Bertz CT molecular complexity index is 381. The van der Waals surface area contributed by atoms with Crippen LogP contribution in [-0.2, 0) is 4.79 Å². The monoisotopic (exact) mass is 239 g/mol. The zero-order chi connectivity index (χ0) is 12.8. The quantitative estimate of drug-likeness (QED) is 0.829. The molecule has 0 saturated heterocycles. The number of carbonyl (C=O) groups is 1.